The van der Waals surface area contributed by atoms with Crippen molar-refractivity contribution in [2.24, 2.45) is 4.99 Å². The SMILES string of the molecule is CCNC(=NCc1cnc(C)s1)NCCCN1CCCC1=O.I. The Morgan fingerprint density at radius 3 is 2.91 bits per heavy atom. The summed E-state index contributed by atoms with van der Waals surface area (Å²) in [6, 6.07) is 0. The zero-order valence-electron chi connectivity index (χ0n) is 13.8. The first-order chi connectivity index (χ1) is 10.7. The molecule has 0 aliphatic carbocycles. The van der Waals surface area contributed by atoms with Gasteiger partial charge in [0.15, 0.2) is 5.96 Å². The summed E-state index contributed by atoms with van der Waals surface area (Å²) in [5.74, 6) is 1.11. The van der Waals surface area contributed by atoms with Crippen molar-refractivity contribution >= 4 is 47.2 Å². The third-order valence-corrected chi connectivity index (χ3v) is 4.37. The van der Waals surface area contributed by atoms with E-state index in [1.54, 1.807) is 11.3 Å². The second-order valence-corrected chi connectivity index (χ2v) is 6.62. The number of hydrogen-bond donors (Lipinski definition) is 2. The molecule has 1 saturated heterocycles. The monoisotopic (exact) mass is 451 g/mol. The summed E-state index contributed by atoms with van der Waals surface area (Å²) < 4.78 is 0. The molecule has 0 unspecified atom stereocenters. The van der Waals surface area contributed by atoms with Crippen molar-refractivity contribution in [1.82, 2.24) is 20.5 Å². The molecule has 1 aliphatic heterocycles. The third-order valence-electron chi connectivity index (χ3n) is 3.48. The van der Waals surface area contributed by atoms with E-state index in [1.165, 1.54) is 0 Å². The lowest BCUT2D eigenvalue weighted by Crippen LogP contribution is -2.38. The van der Waals surface area contributed by atoms with Gasteiger partial charge in [0.25, 0.3) is 0 Å². The highest BCUT2D eigenvalue weighted by Crippen LogP contribution is 2.12. The third kappa shape index (κ3) is 7.03. The van der Waals surface area contributed by atoms with E-state index in [0.29, 0.717) is 18.9 Å². The van der Waals surface area contributed by atoms with Crippen LogP contribution in [0.3, 0.4) is 0 Å². The van der Waals surface area contributed by atoms with Crippen LogP contribution in [-0.4, -0.2) is 47.9 Å². The van der Waals surface area contributed by atoms with Gasteiger partial charge in [0.2, 0.25) is 5.91 Å². The summed E-state index contributed by atoms with van der Waals surface area (Å²) in [7, 11) is 0. The van der Waals surface area contributed by atoms with Gasteiger partial charge >= 0.3 is 0 Å². The van der Waals surface area contributed by atoms with Crippen LogP contribution in [0.2, 0.25) is 0 Å². The number of nitrogens with zero attached hydrogens (tertiary/aromatic N) is 3. The summed E-state index contributed by atoms with van der Waals surface area (Å²) in [6.45, 7) is 8.09. The molecule has 0 atom stereocenters. The standard InChI is InChI=1S/C15H25N5OS.HI/c1-3-16-15(19-11-13-10-18-12(2)22-13)17-7-5-9-20-8-4-6-14(20)21;/h10H,3-9,11H2,1-2H3,(H2,16,17,19);1H. The highest BCUT2D eigenvalue weighted by atomic mass is 127. The van der Waals surface area contributed by atoms with E-state index in [9.17, 15) is 4.79 Å². The highest BCUT2D eigenvalue weighted by Gasteiger charge is 2.18. The number of aliphatic imine (C=N–C) groups is 1. The quantitative estimate of drug-likeness (QED) is 0.289. The Labute approximate surface area is 159 Å². The number of likely N-dealkylation sites (tertiary alicyclic amines) is 1. The summed E-state index contributed by atoms with van der Waals surface area (Å²) in [6.07, 6.45) is 4.54. The Morgan fingerprint density at radius 1 is 1.48 bits per heavy atom. The van der Waals surface area contributed by atoms with E-state index in [-0.39, 0.29) is 24.0 Å². The molecule has 130 valence electrons. The Balaban J connectivity index is 0.00000264. The van der Waals surface area contributed by atoms with Crippen LogP contribution >= 0.6 is 35.3 Å². The normalized spacial score (nSPS) is 14.8. The van der Waals surface area contributed by atoms with Crippen molar-refractivity contribution < 1.29 is 4.79 Å². The second-order valence-electron chi connectivity index (χ2n) is 5.31. The van der Waals surface area contributed by atoms with Crippen LogP contribution in [0.4, 0.5) is 0 Å². The van der Waals surface area contributed by atoms with Crippen molar-refractivity contribution in [2.75, 3.05) is 26.2 Å². The van der Waals surface area contributed by atoms with E-state index in [0.717, 1.165) is 54.9 Å². The van der Waals surface area contributed by atoms with E-state index < -0.39 is 0 Å². The molecule has 0 radical (unpaired) electrons. The predicted molar refractivity (Wildman–Crippen MR) is 106 cm³/mol. The van der Waals surface area contributed by atoms with Gasteiger partial charge in [-0.05, 0) is 26.7 Å². The molecule has 8 heteroatoms. The fraction of sp³-hybridized carbons (Fsp3) is 0.667. The van der Waals surface area contributed by atoms with Crippen molar-refractivity contribution in [2.45, 2.75) is 39.7 Å². The topological polar surface area (TPSA) is 69.6 Å². The van der Waals surface area contributed by atoms with Gasteiger partial charge in [-0.2, -0.15) is 0 Å². The molecule has 0 saturated carbocycles. The van der Waals surface area contributed by atoms with Crippen LogP contribution in [0, 0.1) is 6.92 Å². The van der Waals surface area contributed by atoms with Gasteiger partial charge in [-0.25, -0.2) is 9.98 Å². The van der Waals surface area contributed by atoms with Crippen LogP contribution < -0.4 is 10.6 Å². The fourth-order valence-corrected chi connectivity index (χ4v) is 3.11. The molecule has 0 bridgehead atoms. The van der Waals surface area contributed by atoms with E-state index >= 15 is 0 Å². The predicted octanol–water partition coefficient (Wildman–Crippen LogP) is 2.14. The molecule has 1 fully saturated rings. The first kappa shape index (κ1) is 20.1. The largest absolute Gasteiger partial charge is 0.357 e. The van der Waals surface area contributed by atoms with Crippen LogP contribution in [0.25, 0.3) is 0 Å². The number of aromatic nitrogens is 1. The number of amides is 1. The number of guanidine groups is 1. The van der Waals surface area contributed by atoms with E-state index in [4.69, 9.17) is 0 Å². The first-order valence-electron chi connectivity index (χ1n) is 7.90. The molecule has 2 N–H and O–H groups in total. The minimum absolute atomic E-state index is 0. The van der Waals surface area contributed by atoms with Crippen molar-refractivity contribution in [1.29, 1.82) is 0 Å². The number of thiazole rings is 1. The molecule has 1 aromatic rings. The Bertz CT molecular complexity index is 520. The Kier molecular flexibility index (Phi) is 9.46. The van der Waals surface area contributed by atoms with Gasteiger partial charge in [-0.15, -0.1) is 35.3 Å². The van der Waals surface area contributed by atoms with Gasteiger partial charge in [0.05, 0.1) is 11.6 Å². The van der Waals surface area contributed by atoms with Crippen molar-refractivity contribution in [3.63, 3.8) is 0 Å². The molecular formula is C15H26IN5OS. The van der Waals surface area contributed by atoms with Crippen LogP contribution in [0.1, 0.15) is 36.1 Å². The van der Waals surface area contributed by atoms with Gasteiger partial charge in [0, 0.05) is 43.7 Å². The van der Waals surface area contributed by atoms with E-state index in [1.807, 2.05) is 18.0 Å². The zero-order valence-corrected chi connectivity index (χ0v) is 16.9. The van der Waals surface area contributed by atoms with Crippen molar-refractivity contribution in [3.8, 4) is 0 Å². The number of nitrogens with one attached hydrogen (secondary N) is 2. The molecule has 1 aliphatic rings. The summed E-state index contributed by atoms with van der Waals surface area (Å²) in [5, 5.41) is 7.63. The summed E-state index contributed by atoms with van der Waals surface area (Å²) >= 11 is 1.68. The van der Waals surface area contributed by atoms with E-state index in [2.05, 4.69) is 27.5 Å². The molecule has 23 heavy (non-hydrogen) atoms. The fourth-order valence-electron chi connectivity index (χ4n) is 2.39. The molecule has 6 nitrogen and oxygen atoms in total. The number of rotatable bonds is 7. The highest BCUT2D eigenvalue weighted by molar-refractivity contribution is 14.0. The Morgan fingerprint density at radius 2 is 2.30 bits per heavy atom. The first-order valence-corrected chi connectivity index (χ1v) is 8.72. The summed E-state index contributed by atoms with van der Waals surface area (Å²) in [5.41, 5.74) is 0. The number of halogens is 1. The number of carbonyl (C=O) groups excluding carboxylic acids is 1. The van der Waals surface area contributed by atoms with Crippen LogP contribution in [0.15, 0.2) is 11.2 Å². The van der Waals surface area contributed by atoms with Gasteiger partial charge in [-0.3, -0.25) is 4.79 Å². The van der Waals surface area contributed by atoms with Gasteiger partial charge in [0.1, 0.15) is 0 Å². The average Bonchev–Trinajstić information content (AvgIpc) is 3.09. The molecule has 2 heterocycles. The lowest BCUT2D eigenvalue weighted by Gasteiger charge is -2.16. The number of aryl methyl sites for hydroxylation is 1. The zero-order chi connectivity index (χ0) is 15.8. The minimum Gasteiger partial charge on any atom is -0.357 e. The maximum Gasteiger partial charge on any atom is 0.222 e. The number of hydrogen-bond acceptors (Lipinski definition) is 4. The van der Waals surface area contributed by atoms with Crippen LogP contribution in [-0.2, 0) is 11.3 Å². The number of carbonyl (C=O) groups is 1. The Hall–Kier alpha value is -0.900. The molecule has 0 spiro atoms. The average molecular weight is 451 g/mol. The maximum absolute atomic E-state index is 11.5. The summed E-state index contributed by atoms with van der Waals surface area (Å²) in [4.78, 5) is 23.4. The van der Waals surface area contributed by atoms with Crippen LogP contribution in [0.5, 0.6) is 0 Å². The molecule has 1 aromatic heterocycles. The van der Waals surface area contributed by atoms with Crippen molar-refractivity contribution in [3.05, 3.63) is 16.1 Å². The maximum atomic E-state index is 11.5. The second kappa shape index (κ2) is 10.8. The lowest BCUT2D eigenvalue weighted by molar-refractivity contribution is -0.127. The molecule has 2 rings (SSSR count). The minimum atomic E-state index is 0. The van der Waals surface area contributed by atoms with Gasteiger partial charge in [-0.1, -0.05) is 0 Å². The lowest BCUT2D eigenvalue weighted by atomic mass is 10.4. The molecule has 0 aromatic carbocycles. The molecule has 1 amide bonds. The smallest absolute Gasteiger partial charge is 0.222 e. The van der Waals surface area contributed by atoms with Gasteiger partial charge < -0.3 is 15.5 Å². The molecular weight excluding hydrogens is 425 g/mol.